The molecule has 244 valence electrons. The van der Waals surface area contributed by atoms with E-state index < -0.39 is 0 Å². The van der Waals surface area contributed by atoms with Crippen LogP contribution >= 0.6 is 11.3 Å². The molecule has 0 bridgehead atoms. The summed E-state index contributed by atoms with van der Waals surface area (Å²) in [5.74, 6) is 0. The molecule has 0 amide bonds. The van der Waals surface area contributed by atoms with Crippen LogP contribution in [0.2, 0.25) is 0 Å². The summed E-state index contributed by atoms with van der Waals surface area (Å²) < 4.78 is 7.92. The third kappa shape index (κ3) is 4.69. The zero-order chi connectivity index (χ0) is 34.2. The van der Waals surface area contributed by atoms with E-state index in [4.69, 9.17) is 0 Å². The van der Waals surface area contributed by atoms with Crippen molar-refractivity contribution < 1.29 is 0 Å². The SMILES string of the molecule is c1ccc(-n2c3ccccc3c3cc(-c4ccc(N(c5ccc6c(c5)sc5ccccc56)c5ccc6[se]c7ccccc7c6c5)cc4)ccc32)cc1. The van der Waals surface area contributed by atoms with Gasteiger partial charge in [0, 0.05) is 11.1 Å². The van der Waals surface area contributed by atoms with Crippen molar-refractivity contribution in [2.45, 2.75) is 0 Å². The molecule has 11 rings (SSSR count). The second-order valence-electron chi connectivity index (χ2n) is 13.4. The number of thiophene rings is 1. The first kappa shape index (κ1) is 29.8. The average Bonchev–Trinajstić information content (AvgIpc) is 3.87. The van der Waals surface area contributed by atoms with Gasteiger partial charge in [-0.15, -0.1) is 0 Å². The molecule has 2 nitrogen and oxygen atoms in total. The number of rotatable bonds is 5. The van der Waals surface area contributed by atoms with E-state index in [1.54, 1.807) is 0 Å². The molecule has 0 radical (unpaired) electrons. The number of benzene rings is 8. The quantitative estimate of drug-likeness (QED) is 0.159. The summed E-state index contributed by atoms with van der Waals surface area (Å²) in [7, 11) is 0. The van der Waals surface area contributed by atoms with Crippen LogP contribution < -0.4 is 4.90 Å². The second kappa shape index (κ2) is 11.8. The number of hydrogen-bond acceptors (Lipinski definition) is 2. The maximum absolute atomic E-state index is 2.43. The Bertz CT molecular complexity index is 3130. The van der Waals surface area contributed by atoms with Crippen molar-refractivity contribution in [2.24, 2.45) is 0 Å². The number of para-hydroxylation sites is 2. The molecule has 0 aliphatic rings. The molecule has 4 heteroatoms. The van der Waals surface area contributed by atoms with E-state index in [-0.39, 0.29) is 0 Å². The van der Waals surface area contributed by atoms with Crippen molar-refractivity contribution in [3.63, 3.8) is 0 Å². The van der Waals surface area contributed by atoms with Gasteiger partial charge in [0.25, 0.3) is 0 Å². The fourth-order valence-corrected chi connectivity index (χ4v) is 11.4. The molecule has 0 unspecified atom stereocenters. The van der Waals surface area contributed by atoms with Crippen LogP contribution in [0.3, 0.4) is 0 Å². The molecular formula is C48H30N2SSe. The van der Waals surface area contributed by atoms with Crippen LogP contribution in [0.4, 0.5) is 17.1 Å². The molecule has 52 heavy (non-hydrogen) atoms. The zero-order valence-electron chi connectivity index (χ0n) is 28.0. The van der Waals surface area contributed by atoms with Gasteiger partial charge in [0.1, 0.15) is 0 Å². The second-order valence-corrected chi connectivity index (χ2v) is 16.7. The molecule has 0 spiro atoms. The molecule has 0 fully saturated rings. The Morgan fingerprint density at radius 1 is 0.385 bits per heavy atom. The average molecular weight is 746 g/mol. The Morgan fingerprint density at radius 2 is 1.02 bits per heavy atom. The summed E-state index contributed by atoms with van der Waals surface area (Å²) in [6, 6.07) is 67.1. The molecule has 0 aliphatic heterocycles. The predicted octanol–water partition coefficient (Wildman–Crippen LogP) is 13.7. The van der Waals surface area contributed by atoms with Gasteiger partial charge in [-0.1, -0.05) is 36.4 Å². The minimum absolute atomic E-state index is 0.335. The number of fused-ring (bicyclic) bond motifs is 9. The van der Waals surface area contributed by atoms with Crippen LogP contribution in [0.15, 0.2) is 182 Å². The topological polar surface area (TPSA) is 8.17 Å². The minimum Gasteiger partial charge on any atom is -0.0602 e. The van der Waals surface area contributed by atoms with E-state index in [0.29, 0.717) is 14.5 Å². The third-order valence-electron chi connectivity index (χ3n) is 10.4. The minimum atomic E-state index is 0.335. The van der Waals surface area contributed by atoms with E-state index in [1.165, 1.54) is 89.5 Å². The summed E-state index contributed by atoms with van der Waals surface area (Å²) in [6.45, 7) is 0. The molecule has 0 N–H and O–H groups in total. The number of hydrogen-bond donors (Lipinski definition) is 0. The Kier molecular flexibility index (Phi) is 6.78. The normalized spacial score (nSPS) is 11.8. The molecule has 3 aromatic heterocycles. The number of aromatic nitrogens is 1. The molecule has 0 saturated carbocycles. The molecule has 0 saturated heterocycles. The van der Waals surface area contributed by atoms with Gasteiger partial charge >= 0.3 is 231 Å². The molecular weight excluding hydrogens is 716 g/mol. The van der Waals surface area contributed by atoms with Gasteiger partial charge in [-0.3, -0.25) is 0 Å². The Morgan fingerprint density at radius 3 is 1.90 bits per heavy atom. The summed E-state index contributed by atoms with van der Waals surface area (Å²) >= 11 is 2.20. The standard InChI is InChI=1S/C48H30N2SSe/c1-2-10-33(11-3-1)50-43-15-7-4-12-37(43)41-28-32(20-26-44(41)50)31-18-21-34(22-19-31)49(35-24-27-48-42(29-35)40-14-6-9-17-47(40)52-48)36-23-25-39-38-13-5-8-16-45(38)51-46(39)30-36/h1-30H. The van der Waals surface area contributed by atoms with Crippen molar-refractivity contribution in [3.8, 4) is 16.8 Å². The number of anilines is 3. The van der Waals surface area contributed by atoms with E-state index in [2.05, 4.69) is 191 Å². The van der Waals surface area contributed by atoms with Crippen LogP contribution in [0.1, 0.15) is 0 Å². The van der Waals surface area contributed by atoms with Crippen molar-refractivity contribution >= 4 is 104 Å². The number of nitrogens with zero attached hydrogens (tertiary/aromatic N) is 2. The fraction of sp³-hybridized carbons (Fsp3) is 0. The van der Waals surface area contributed by atoms with E-state index in [9.17, 15) is 0 Å². The van der Waals surface area contributed by atoms with Crippen LogP contribution in [0.25, 0.3) is 78.1 Å². The van der Waals surface area contributed by atoms with Gasteiger partial charge in [0.2, 0.25) is 0 Å². The van der Waals surface area contributed by atoms with Gasteiger partial charge in [-0.25, -0.2) is 0 Å². The molecule has 0 aliphatic carbocycles. The maximum atomic E-state index is 2.43. The Hall–Kier alpha value is -5.90. The summed E-state index contributed by atoms with van der Waals surface area (Å²) in [6.07, 6.45) is 0. The van der Waals surface area contributed by atoms with Crippen molar-refractivity contribution in [1.82, 2.24) is 4.57 Å². The van der Waals surface area contributed by atoms with Gasteiger partial charge < -0.3 is 4.57 Å². The molecule has 11 aromatic rings. The first-order valence-electron chi connectivity index (χ1n) is 17.6. The Balaban J connectivity index is 1.05. The summed E-state index contributed by atoms with van der Waals surface area (Å²) in [4.78, 5) is 2.43. The third-order valence-corrected chi connectivity index (χ3v) is 13.9. The van der Waals surface area contributed by atoms with Crippen LogP contribution in [0.5, 0.6) is 0 Å². The molecule has 3 heterocycles. The van der Waals surface area contributed by atoms with Crippen LogP contribution in [-0.2, 0) is 0 Å². The van der Waals surface area contributed by atoms with Crippen LogP contribution in [-0.4, -0.2) is 19.1 Å². The first-order valence-corrected chi connectivity index (χ1v) is 20.1. The molecule has 8 aromatic carbocycles. The smallest absolute Gasteiger partial charge is 0.0602 e. The summed E-state index contributed by atoms with van der Waals surface area (Å²) in [5.41, 5.74) is 9.51. The van der Waals surface area contributed by atoms with Crippen molar-refractivity contribution in [2.75, 3.05) is 4.90 Å². The van der Waals surface area contributed by atoms with E-state index in [0.717, 1.165) is 5.69 Å². The Labute approximate surface area is 310 Å². The van der Waals surface area contributed by atoms with E-state index in [1.807, 2.05) is 11.3 Å². The van der Waals surface area contributed by atoms with Gasteiger partial charge in [-0.05, 0) is 18.2 Å². The van der Waals surface area contributed by atoms with E-state index >= 15 is 0 Å². The van der Waals surface area contributed by atoms with Crippen molar-refractivity contribution in [3.05, 3.63) is 182 Å². The van der Waals surface area contributed by atoms with Gasteiger partial charge in [0.15, 0.2) is 0 Å². The monoisotopic (exact) mass is 746 g/mol. The first-order chi connectivity index (χ1) is 25.8. The summed E-state index contributed by atoms with van der Waals surface area (Å²) in [5, 5.41) is 7.90. The fourth-order valence-electron chi connectivity index (χ4n) is 7.96. The van der Waals surface area contributed by atoms with Crippen LogP contribution in [0, 0.1) is 0 Å². The predicted molar refractivity (Wildman–Crippen MR) is 226 cm³/mol. The van der Waals surface area contributed by atoms with Gasteiger partial charge in [0.05, 0.1) is 11.0 Å². The molecule has 0 atom stereocenters. The van der Waals surface area contributed by atoms with Crippen molar-refractivity contribution in [1.29, 1.82) is 0 Å². The van der Waals surface area contributed by atoms with Gasteiger partial charge in [-0.2, -0.15) is 0 Å². The zero-order valence-corrected chi connectivity index (χ0v) is 30.6.